The molecule has 0 unspecified atom stereocenters. The van der Waals surface area contributed by atoms with Crippen LogP contribution in [0.15, 0.2) is 73.1 Å². The third-order valence-electron chi connectivity index (χ3n) is 5.82. The molecule has 0 saturated heterocycles. The summed E-state index contributed by atoms with van der Waals surface area (Å²) in [4.78, 5) is 16.6. The minimum Gasteiger partial charge on any atom is -0.406 e. The number of anilines is 1. The molecule has 1 heterocycles. The molecule has 0 atom stereocenters. The smallest absolute Gasteiger partial charge is 0.406 e. The van der Waals surface area contributed by atoms with Crippen molar-refractivity contribution in [3.63, 3.8) is 0 Å². The molecule has 0 bridgehead atoms. The molecule has 0 saturated carbocycles. The monoisotopic (exact) mass is 586 g/mol. The van der Waals surface area contributed by atoms with E-state index in [4.69, 9.17) is 12.2 Å². The molecule has 1 aromatic heterocycles. The molecule has 0 aliphatic heterocycles. The Morgan fingerprint density at radius 2 is 1.83 bits per heavy atom. The molecular formula is C28H26F4N6O2S. The van der Waals surface area contributed by atoms with Crippen LogP contribution in [0.25, 0.3) is 17.1 Å². The number of rotatable bonds is 8. The van der Waals surface area contributed by atoms with Gasteiger partial charge in [0, 0.05) is 17.8 Å². The van der Waals surface area contributed by atoms with E-state index in [1.54, 1.807) is 6.07 Å². The summed E-state index contributed by atoms with van der Waals surface area (Å²) in [6.45, 7) is 4.18. The van der Waals surface area contributed by atoms with Crippen LogP contribution in [0.2, 0.25) is 0 Å². The summed E-state index contributed by atoms with van der Waals surface area (Å²) in [6.07, 6.45) is -2.79. The molecule has 0 radical (unpaired) electrons. The molecule has 3 aromatic carbocycles. The van der Waals surface area contributed by atoms with Gasteiger partial charge in [-0.2, -0.15) is 0 Å². The van der Waals surface area contributed by atoms with Crippen molar-refractivity contribution in [2.75, 3.05) is 11.9 Å². The minimum atomic E-state index is -4.76. The molecule has 4 rings (SSSR count). The molecule has 2 amide bonds. The van der Waals surface area contributed by atoms with Crippen molar-refractivity contribution in [3.8, 4) is 22.8 Å². The van der Waals surface area contributed by atoms with Gasteiger partial charge in [-0.3, -0.25) is 5.32 Å². The minimum absolute atomic E-state index is 0.0536. The average Bonchev–Trinajstić information content (AvgIpc) is 3.40. The first-order chi connectivity index (χ1) is 19.5. The second kappa shape index (κ2) is 12.8. The fraction of sp³-hybridized carbons (Fsp3) is 0.214. The number of thiocarbonyl (C=S) groups is 1. The van der Waals surface area contributed by atoms with Gasteiger partial charge in [-0.1, -0.05) is 32.0 Å². The highest BCUT2D eigenvalue weighted by molar-refractivity contribution is 7.80. The Balaban J connectivity index is 1.29. The maximum Gasteiger partial charge on any atom is 0.573 e. The summed E-state index contributed by atoms with van der Waals surface area (Å²) in [5.74, 6) is -0.205. The van der Waals surface area contributed by atoms with Crippen LogP contribution in [0.4, 0.5) is 28.0 Å². The molecule has 3 N–H and O–H groups in total. The molecule has 0 fully saturated rings. The van der Waals surface area contributed by atoms with E-state index in [0.717, 1.165) is 16.7 Å². The number of ether oxygens (including phenoxy) is 1. The van der Waals surface area contributed by atoms with Gasteiger partial charge in [-0.15, -0.1) is 18.3 Å². The quantitative estimate of drug-likeness (QED) is 0.165. The lowest BCUT2D eigenvalue weighted by Gasteiger charge is -2.16. The average molecular weight is 587 g/mol. The van der Waals surface area contributed by atoms with E-state index in [9.17, 15) is 22.4 Å². The Morgan fingerprint density at radius 3 is 2.54 bits per heavy atom. The maximum atomic E-state index is 13.6. The van der Waals surface area contributed by atoms with E-state index in [1.807, 2.05) is 38.1 Å². The Kier molecular flexibility index (Phi) is 9.17. The SMILES string of the molecule is CC(C)c1cc(F)ccc1NC(=S)NC(=O)NCCc1cccc(-c2ncn(-c3ccc(OC(F)(F)F)cc3)n2)c1. The van der Waals surface area contributed by atoms with Crippen molar-refractivity contribution < 1.29 is 27.1 Å². The number of urea groups is 1. The van der Waals surface area contributed by atoms with Crippen LogP contribution in [0, 0.1) is 5.82 Å². The normalized spacial score (nSPS) is 11.3. The zero-order valence-electron chi connectivity index (χ0n) is 22.0. The van der Waals surface area contributed by atoms with E-state index in [1.165, 1.54) is 47.4 Å². The third-order valence-corrected chi connectivity index (χ3v) is 6.03. The lowest BCUT2D eigenvalue weighted by atomic mass is 10.0. The van der Waals surface area contributed by atoms with Crippen LogP contribution < -0.4 is 20.7 Å². The van der Waals surface area contributed by atoms with E-state index >= 15 is 0 Å². The molecule has 0 aliphatic rings. The van der Waals surface area contributed by atoms with Crippen LogP contribution in [0.5, 0.6) is 5.75 Å². The van der Waals surface area contributed by atoms with Crippen LogP contribution in [0.1, 0.15) is 30.9 Å². The van der Waals surface area contributed by atoms with Gasteiger partial charge >= 0.3 is 12.4 Å². The van der Waals surface area contributed by atoms with Gasteiger partial charge in [0.2, 0.25) is 0 Å². The van der Waals surface area contributed by atoms with Crippen molar-refractivity contribution in [2.24, 2.45) is 0 Å². The molecule has 13 heteroatoms. The summed E-state index contributed by atoms with van der Waals surface area (Å²) >= 11 is 5.23. The zero-order valence-corrected chi connectivity index (χ0v) is 22.8. The predicted octanol–water partition coefficient (Wildman–Crippen LogP) is 6.33. The van der Waals surface area contributed by atoms with Crippen LogP contribution in [0.3, 0.4) is 0 Å². The van der Waals surface area contributed by atoms with Crippen molar-refractivity contribution in [2.45, 2.75) is 32.5 Å². The second-order valence-corrected chi connectivity index (χ2v) is 9.63. The fourth-order valence-corrected chi connectivity index (χ4v) is 4.14. The first-order valence-corrected chi connectivity index (χ1v) is 12.9. The molecule has 8 nitrogen and oxygen atoms in total. The highest BCUT2D eigenvalue weighted by Crippen LogP contribution is 2.26. The first-order valence-electron chi connectivity index (χ1n) is 12.5. The number of nitrogens with zero attached hydrogens (tertiary/aromatic N) is 3. The van der Waals surface area contributed by atoms with Gasteiger partial charge in [0.25, 0.3) is 0 Å². The largest absolute Gasteiger partial charge is 0.573 e. The molecular weight excluding hydrogens is 560 g/mol. The zero-order chi connectivity index (χ0) is 29.6. The number of hydrogen-bond acceptors (Lipinski definition) is 5. The summed E-state index contributed by atoms with van der Waals surface area (Å²) in [6, 6.07) is 16.6. The highest BCUT2D eigenvalue weighted by atomic mass is 32.1. The Morgan fingerprint density at radius 1 is 1.07 bits per heavy atom. The van der Waals surface area contributed by atoms with Gasteiger partial charge < -0.3 is 15.4 Å². The first kappa shape index (κ1) is 29.5. The van der Waals surface area contributed by atoms with E-state index < -0.39 is 12.4 Å². The summed E-state index contributed by atoms with van der Waals surface area (Å²) in [5.41, 5.74) is 3.51. The number of amides is 2. The number of hydrogen-bond donors (Lipinski definition) is 3. The van der Waals surface area contributed by atoms with Crippen molar-refractivity contribution in [1.29, 1.82) is 0 Å². The lowest BCUT2D eigenvalue weighted by molar-refractivity contribution is -0.274. The Labute approximate surface area is 238 Å². The third kappa shape index (κ3) is 8.48. The van der Waals surface area contributed by atoms with E-state index in [-0.39, 0.29) is 22.6 Å². The summed E-state index contributed by atoms with van der Waals surface area (Å²) in [5, 5.41) is 12.7. The Bertz CT molecular complexity index is 1520. The van der Waals surface area contributed by atoms with Crippen molar-refractivity contribution in [3.05, 3.63) is 90.0 Å². The standard InChI is InChI=1S/C28H26F4N6O2S/c1-17(2)23-15-20(29)6-11-24(23)35-27(41)36-26(39)33-13-12-18-4-3-5-19(14-18)25-34-16-38(37-25)21-7-9-22(10-8-21)40-28(30,31)32/h3-11,14-17H,12-13H2,1-2H3,(H3,33,35,36,39,41). The predicted molar refractivity (Wildman–Crippen MR) is 150 cm³/mol. The lowest BCUT2D eigenvalue weighted by Crippen LogP contribution is -2.42. The van der Waals surface area contributed by atoms with Crippen LogP contribution in [-0.4, -0.2) is 38.8 Å². The Hall–Kier alpha value is -4.52. The second-order valence-electron chi connectivity index (χ2n) is 9.23. The van der Waals surface area contributed by atoms with Crippen LogP contribution in [-0.2, 0) is 6.42 Å². The molecule has 0 spiro atoms. The summed E-state index contributed by atoms with van der Waals surface area (Å²) in [7, 11) is 0. The summed E-state index contributed by atoms with van der Waals surface area (Å²) < 4.78 is 56.1. The number of halogens is 4. The number of alkyl halides is 3. The van der Waals surface area contributed by atoms with Gasteiger partial charge in [-0.25, -0.2) is 18.9 Å². The van der Waals surface area contributed by atoms with Crippen molar-refractivity contribution in [1.82, 2.24) is 25.4 Å². The van der Waals surface area contributed by atoms with Crippen LogP contribution >= 0.6 is 12.2 Å². The molecule has 214 valence electrons. The number of benzene rings is 3. The molecule has 4 aromatic rings. The number of nitrogens with one attached hydrogen (secondary N) is 3. The van der Waals surface area contributed by atoms with Gasteiger partial charge in [0.1, 0.15) is 17.9 Å². The molecule has 41 heavy (non-hydrogen) atoms. The van der Waals surface area contributed by atoms with Gasteiger partial charge in [0.15, 0.2) is 10.9 Å². The van der Waals surface area contributed by atoms with E-state index in [2.05, 4.69) is 30.8 Å². The van der Waals surface area contributed by atoms with Crippen molar-refractivity contribution >= 4 is 29.0 Å². The topological polar surface area (TPSA) is 93.1 Å². The number of carbonyl (C=O) groups is 1. The fourth-order valence-electron chi connectivity index (χ4n) is 3.93. The molecule has 0 aliphatic carbocycles. The maximum absolute atomic E-state index is 13.6. The highest BCUT2D eigenvalue weighted by Gasteiger charge is 2.31. The van der Waals surface area contributed by atoms with Gasteiger partial charge in [0.05, 0.1) is 5.69 Å². The van der Waals surface area contributed by atoms with Gasteiger partial charge in [-0.05, 0) is 84.2 Å². The van der Waals surface area contributed by atoms with E-state index in [0.29, 0.717) is 30.2 Å². The number of aromatic nitrogens is 3. The number of carbonyl (C=O) groups excluding carboxylic acids is 1.